The van der Waals surface area contributed by atoms with Crippen molar-refractivity contribution < 1.29 is 14.3 Å². The minimum absolute atomic E-state index is 0.255. The molecule has 1 rings (SSSR count). The van der Waals surface area contributed by atoms with E-state index in [9.17, 15) is 4.79 Å². The molecule has 4 heteroatoms. The Balaban J connectivity index is 2.13. The lowest BCUT2D eigenvalue weighted by atomic mass is 10.2. The van der Waals surface area contributed by atoms with Gasteiger partial charge in [-0.15, -0.1) is 0 Å². The zero-order chi connectivity index (χ0) is 11.5. The molecular formula is C11H21NO3. The Morgan fingerprint density at radius 1 is 1.47 bits per heavy atom. The first-order valence-corrected chi connectivity index (χ1v) is 5.44. The maximum absolute atomic E-state index is 11.4. The second kappa shape index (κ2) is 4.94. The summed E-state index contributed by atoms with van der Waals surface area (Å²) in [6.45, 7) is 6.44. The van der Waals surface area contributed by atoms with Crippen LogP contribution in [0.4, 0.5) is 0 Å². The van der Waals surface area contributed by atoms with Crippen molar-refractivity contribution in [3.05, 3.63) is 0 Å². The zero-order valence-electron chi connectivity index (χ0n) is 9.79. The Hall–Kier alpha value is -0.610. The first kappa shape index (κ1) is 12.5. The first-order valence-electron chi connectivity index (χ1n) is 5.44. The summed E-state index contributed by atoms with van der Waals surface area (Å²) in [4.78, 5) is 11.4. The fourth-order valence-electron chi connectivity index (χ4n) is 1.09. The van der Waals surface area contributed by atoms with Crippen molar-refractivity contribution in [1.82, 2.24) is 0 Å². The Kier molecular flexibility index (Phi) is 4.11. The molecule has 1 saturated carbocycles. The van der Waals surface area contributed by atoms with E-state index in [4.69, 9.17) is 15.2 Å². The summed E-state index contributed by atoms with van der Waals surface area (Å²) < 4.78 is 10.5. The van der Waals surface area contributed by atoms with E-state index in [0.717, 1.165) is 6.61 Å². The van der Waals surface area contributed by atoms with E-state index in [0.29, 0.717) is 5.92 Å². The molecule has 0 aromatic heterocycles. The Morgan fingerprint density at radius 2 is 2.07 bits per heavy atom. The summed E-state index contributed by atoms with van der Waals surface area (Å²) in [5.74, 6) is 0.300. The molecule has 0 amide bonds. The van der Waals surface area contributed by atoms with Crippen molar-refractivity contribution in [3.63, 3.8) is 0 Å². The molecule has 4 nitrogen and oxygen atoms in total. The number of ether oxygens (including phenoxy) is 2. The molecule has 0 bridgehead atoms. The van der Waals surface area contributed by atoms with E-state index in [2.05, 4.69) is 0 Å². The third kappa shape index (κ3) is 5.74. The molecule has 0 aromatic rings. The average Bonchev–Trinajstić information content (AvgIpc) is 2.84. The summed E-state index contributed by atoms with van der Waals surface area (Å²) in [7, 11) is 0. The van der Waals surface area contributed by atoms with Crippen LogP contribution in [0.1, 0.15) is 33.6 Å². The SMILES string of the molecule is CC(C)(C)OC(=O)C(N)COCC1CC1. The third-order valence-electron chi connectivity index (χ3n) is 2.06. The molecule has 0 spiro atoms. The van der Waals surface area contributed by atoms with E-state index in [1.165, 1.54) is 12.8 Å². The van der Waals surface area contributed by atoms with Crippen molar-refractivity contribution >= 4 is 5.97 Å². The highest BCUT2D eigenvalue weighted by molar-refractivity contribution is 5.76. The number of nitrogens with two attached hydrogens (primary N) is 1. The van der Waals surface area contributed by atoms with Crippen molar-refractivity contribution in [3.8, 4) is 0 Å². The quantitative estimate of drug-likeness (QED) is 0.697. The van der Waals surface area contributed by atoms with E-state index in [1.54, 1.807) is 0 Å². The molecule has 0 aromatic carbocycles. The van der Waals surface area contributed by atoms with Gasteiger partial charge >= 0.3 is 5.97 Å². The van der Waals surface area contributed by atoms with Crippen molar-refractivity contribution in [1.29, 1.82) is 0 Å². The second-order valence-corrected chi connectivity index (χ2v) is 5.12. The Labute approximate surface area is 91.1 Å². The van der Waals surface area contributed by atoms with Crippen LogP contribution in [0.25, 0.3) is 0 Å². The number of carbonyl (C=O) groups excluding carboxylic acids is 1. The molecule has 1 atom stereocenters. The van der Waals surface area contributed by atoms with Gasteiger partial charge in [0.15, 0.2) is 0 Å². The third-order valence-corrected chi connectivity index (χ3v) is 2.06. The molecular weight excluding hydrogens is 194 g/mol. The van der Waals surface area contributed by atoms with Gasteiger partial charge in [-0.1, -0.05) is 0 Å². The van der Waals surface area contributed by atoms with Crippen LogP contribution in [0.3, 0.4) is 0 Å². The minimum Gasteiger partial charge on any atom is -0.459 e. The molecule has 1 aliphatic carbocycles. The fraction of sp³-hybridized carbons (Fsp3) is 0.909. The topological polar surface area (TPSA) is 61.5 Å². The highest BCUT2D eigenvalue weighted by Crippen LogP contribution is 2.28. The lowest BCUT2D eigenvalue weighted by molar-refractivity contribution is -0.158. The molecule has 0 radical (unpaired) electrons. The Bertz CT molecular complexity index is 218. The van der Waals surface area contributed by atoms with Gasteiger partial charge < -0.3 is 15.2 Å². The van der Waals surface area contributed by atoms with Crippen LogP contribution in [0.5, 0.6) is 0 Å². The van der Waals surface area contributed by atoms with Crippen LogP contribution in [0.2, 0.25) is 0 Å². The van der Waals surface area contributed by atoms with Gasteiger partial charge in [0.25, 0.3) is 0 Å². The zero-order valence-corrected chi connectivity index (χ0v) is 9.79. The lowest BCUT2D eigenvalue weighted by Crippen LogP contribution is -2.40. The number of carbonyl (C=O) groups is 1. The van der Waals surface area contributed by atoms with Crippen molar-refractivity contribution in [2.45, 2.75) is 45.3 Å². The number of esters is 1. The Morgan fingerprint density at radius 3 is 2.53 bits per heavy atom. The van der Waals surface area contributed by atoms with E-state index in [1.807, 2.05) is 20.8 Å². The highest BCUT2D eigenvalue weighted by Gasteiger charge is 2.24. The van der Waals surface area contributed by atoms with Gasteiger partial charge in [-0.05, 0) is 39.5 Å². The molecule has 1 aliphatic rings. The van der Waals surface area contributed by atoms with Gasteiger partial charge in [0.1, 0.15) is 11.6 Å². The largest absolute Gasteiger partial charge is 0.459 e. The second-order valence-electron chi connectivity index (χ2n) is 5.12. The fourth-order valence-corrected chi connectivity index (χ4v) is 1.09. The molecule has 15 heavy (non-hydrogen) atoms. The van der Waals surface area contributed by atoms with E-state index >= 15 is 0 Å². The van der Waals surface area contributed by atoms with Crippen LogP contribution < -0.4 is 5.73 Å². The molecule has 0 saturated heterocycles. The number of hydrogen-bond acceptors (Lipinski definition) is 4. The first-order chi connectivity index (χ1) is 6.88. The number of rotatable bonds is 5. The predicted molar refractivity (Wildman–Crippen MR) is 57.4 cm³/mol. The summed E-state index contributed by atoms with van der Waals surface area (Å²) in [5, 5.41) is 0. The molecule has 1 unspecified atom stereocenters. The van der Waals surface area contributed by atoms with Gasteiger partial charge in [-0.3, -0.25) is 4.79 Å². The summed E-state index contributed by atoms with van der Waals surface area (Å²) in [5.41, 5.74) is 5.15. The molecule has 88 valence electrons. The van der Waals surface area contributed by atoms with Crippen LogP contribution in [0, 0.1) is 5.92 Å². The average molecular weight is 215 g/mol. The van der Waals surface area contributed by atoms with Crippen LogP contribution in [-0.2, 0) is 14.3 Å². The van der Waals surface area contributed by atoms with Crippen molar-refractivity contribution in [2.75, 3.05) is 13.2 Å². The molecule has 2 N–H and O–H groups in total. The van der Waals surface area contributed by atoms with Gasteiger partial charge in [0.2, 0.25) is 0 Å². The van der Waals surface area contributed by atoms with Gasteiger partial charge in [0, 0.05) is 6.61 Å². The van der Waals surface area contributed by atoms with Crippen LogP contribution >= 0.6 is 0 Å². The predicted octanol–water partition coefficient (Wildman–Crippen LogP) is 1.08. The summed E-state index contributed by atoms with van der Waals surface area (Å²) in [6.07, 6.45) is 2.48. The van der Waals surface area contributed by atoms with E-state index < -0.39 is 17.6 Å². The van der Waals surface area contributed by atoms with Gasteiger partial charge in [-0.2, -0.15) is 0 Å². The highest BCUT2D eigenvalue weighted by atomic mass is 16.6. The number of hydrogen-bond donors (Lipinski definition) is 1. The van der Waals surface area contributed by atoms with Crippen LogP contribution in [-0.4, -0.2) is 30.8 Å². The van der Waals surface area contributed by atoms with Gasteiger partial charge in [-0.25, -0.2) is 0 Å². The molecule has 0 aliphatic heterocycles. The van der Waals surface area contributed by atoms with Crippen LogP contribution in [0.15, 0.2) is 0 Å². The van der Waals surface area contributed by atoms with Gasteiger partial charge in [0.05, 0.1) is 6.61 Å². The standard InChI is InChI=1S/C11H21NO3/c1-11(2,3)15-10(13)9(12)7-14-6-8-4-5-8/h8-9H,4-7,12H2,1-3H3. The minimum atomic E-state index is -0.664. The summed E-state index contributed by atoms with van der Waals surface area (Å²) >= 11 is 0. The van der Waals surface area contributed by atoms with Crippen molar-refractivity contribution in [2.24, 2.45) is 11.7 Å². The summed E-state index contributed by atoms with van der Waals surface area (Å²) in [6, 6.07) is -0.664. The monoisotopic (exact) mass is 215 g/mol. The lowest BCUT2D eigenvalue weighted by Gasteiger charge is -2.22. The smallest absolute Gasteiger partial charge is 0.325 e. The normalized spacial score (nSPS) is 18.7. The maximum atomic E-state index is 11.4. The van der Waals surface area contributed by atoms with E-state index in [-0.39, 0.29) is 6.61 Å². The molecule has 1 fully saturated rings. The maximum Gasteiger partial charge on any atom is 0.325 e. The molecule has 0 heterocycles.